The maximum Gasteiger partial charge on any atom is 0.0629 e. The fourth-order valence-electron chi connectivity index (χ4n) is 2.06. The number of fused-ring (bicyclic) bond motifs is 1. The molecule has 94 valence electrons. The summed E-state index contributed by atoms with van der Waals surface area (Å²) in [5.74, 6) is 0.330. The van der Waals surface area contributed by atoms with Crippen molar-refractivity contribution in [3.05, 3.63) is 72.1 Å². The third kappa shape index (κ3) is 2.26. The van der Waals surface area contributed by atoms with Gasteiger partial charge in [0.05, 0.1) is 9.60 Å². The van der Waals surface area contributed by atoms with Crippen molar-refractivity contribution in [1.82, 2.24) is 0 Å². The predicted octanol–water partition coefficient (Wildman–Crippen LogP) is 5.63. The summed E-state index contributed by atoms with van der Waals surface area (Å²) in [5.41, 5.74) is 1.97. The van der Waals surface area contributed by atoms with Crippen LogP contribution in [0.2, 0.25) is 0 Å². The van der Waals surface area contributed by atoms with Gasteiger partial charge in [-0.3, -0.25) is 0 Å². The molecular formula is C19H18. The molecule has 0 heteroatoms. The first-order valence-corrected chi connectivity index (χ1v) is 6.26. The Balaban J connectivity index is 2.49. The van der Waals surface area contributed by atoms with E-state index < -0.39 is 12.1 Å². The highest BCUT2D eigenvalue weighted by molar-refractivity contribution is 5.96. The van der Waals surface area contributed by atoms with Gasteiger partial charge in [0.25, 0.3) is 0 Å². The maximum absolute atomic E-state index is 8.33. The van der Waals surface area contributed by atoms with Crippen LogP contribution in [0.1, 0.15) is 34.9 Å². The quantitative estimate of drug-likeness (QED) is 0.555. The van der Waals surface area contributed by atoms with E-state index in [0.717, 1.165) is 5.56 Å². The van der Waals surface area contributed by atoms with Crippen LogP contribution in [0.25, 0.3) is 21.9 Å². The standard InChI is InChI=1S/C19H18/c1-14(2)15-10-12-17(13-11-15)19-9-5-7-16-6-3-4-8-18(16)19/h3-14H,1-2H3/i3D,4D,5D,6D,7D,8D,9D. The van der Waals surface area contributed by atoms with Crippen molar-refractivity contribution in [2.45, 2.75) is 19.8 Å². The summed E-state index contributed by atoms with van der Waals surface area (Å²) >= 11 is 0. The van der Waals surface area contributed by atoms with E-state index in [4.69, 9.17) is 9.60 Å². The molecule has 19 heavy (non-hydrogen) atoms. The molecule has 0 unspecified atom stereocenters. The van der Waals surface area contributed by atoms with Crippen molar-refractivity contribution in [3.8, 4) is 11.1 Å². The third-order valence-electron chi connectivity index (χ3n) is 3.18. The first kappa shape index (κ1) is 6.38. The van der Waals surface area contributed by atoms with E-state index in [1.54, 1.807) is 12.1 Å². The monoisotopic (exact) mass is 253 g/mol. The molecule has 3 rings (SSSR count). The Bertz CT molecular complexity index is 1010. The summed E-state index contributed by atoms with van der Waals surface area (Å²) in [6, 6.07) is 5.05. The molecule has 0 saturated heterocycles. The smallest absolute Gasteiger partial charge is 0.0616 e. The lowest BCUT2D eigenvalue weighted by Crippen LogP contribution is -1.87. The van der Waals surface area contributed by atoms with Crippen LogP contribution in [0.4, 0.5) is 0 Å². The maximum atomic E-state index is 8.33. The van der Waals surface area contributed by atoms with E-state index in [1.807, 2.05) is 12.1 Å². The molecule has 0 saturated carbocycles. The average molecular weight is 253 g/mol. The first-order chi connectivity index (χ1) is 12.2. The number of rotatable bonds is 2. The van der Waals surface area contributed by atoms with E-state index in [1.165, 1.54) is 0 Å². The fourth-order valence-corrected chi connectivity index (χ4v) is 2.06. The summed E-state index contributed by atoms with van der Waals surface area (Å²) in [5, 5.41) is 0.110. The van der Waals surface area contributed by atoms with Crippen molar-refractivity contribution in [2.24, 2.45) is 0 Å². The first-order valence-electron chi connectivity index (χ1n) is 9.76. The van der Waals surface area contributed by atoms with Crippen LogP contribution in [-0.2, 0) is 0 Å². The summed E-state index contributed by atoms with van der Waals surface area (Å²) < 4.78 is 56.7. The highest BCUT2D eigenvalue weighted by atomic mass is 14.1. The summed E-state index contributed by atoms with van der Waals surface area (Å²) in [7, 11) is 0. The van der Waals surface area contributed by atoms with E-state index in [2.05, 4.69) is 13.8 Å². The molecule has 0 aliphatic rings. The topological polar surface area (TPSA) is 0 Å². The Morgan fingerprint density at radius 2 is 1.53 bits per heavy atom. The van der Waals surface area contributed by atoms with Crippen LogP contribution < -0.4 is 0 Å². The van der Waals surface area contributed by atoms with Gasteiger partial charge in [0.1, 0.15) is 0 Å². The van der Waals surface area contributed by atoms with Crippen molar-refractivity contribution >= 4 is 10.8 Å². The van der Waals surface area contributed by atoms with E-state index in [9.17, 15) is 0 Å². The van der Waals surface area contributed by atoms with E-state index >= 15 is 0 Å². The summed E-state index contributed by atoms with van der Waals surface area (Å²) in [6.45, 7) is 4.13. The molecule has 0 fully saturated rings. The van der Waals surface area contributed by atoms with Crippen LogP contribution in [0.15, 0.2) is 66.6 Å². The molecule has 0 aromatic heterocycles. The molecule has 3 aromatic carbocycles. The second-order valence-electron chi connectivity index (χ2n) is 4.78. The minimum Gasteiger partial charge on any atom is -0.0616 e. The average Bonchev–Trinajstić information content (AvgIpc) is 2.62. The normalized spacial score (nSPS) is 16.3. The Labute approximate surface area is 124 Å². The molecule has 0 atom stereocenters. The molecule has 0 nitrogen and oxygen atoms in total. The zero-order chi connectivity index (χ0) is 19.3. The molecule has 0 radical (unpaired) electrons. The van der Waals surface area contributed by atoms with Crippen molar-refractivity contribution < 1.29 is 9.60 Å². The van der Waals surface area contributed by atoms with Gasteiger partial charge < -0.3 is 0 Å². The highest BCUT2D eigenvalue weighted by Gasteiger charge is 2.04. The molecule has 0 aliphatic carbocycles. The Morgan fingerprint density at radius 3 is 2.26 bits per heavy atom. The van der Waals surface area contributed by atoms with Gasteiger partial charge in [0, 0.05) is 0 Å². The Morgan fingerprint density at radius 1 is 0.842 bits per heavy atom. The number of hydrogen-bond acceptors (Lipinski definition) is 0. The van der Waals surface area contributed by atoms with Gasteiger partial charge in [-0.15, -0.1) is 0 Å². The van der Waals surface area contributed by atoms with Gasteiger partial charge in [-0.1, -0.05) is 80.4 Å². The largest absolute Gasteiger partial charge is 0.0629 e. The molecule has 0 spiro atoms. The van der Waals surface area contributed by atoms with E-state index in [-0.39, 0.29) is 46.5 Å². The van der Waals surface area contributed by atoms with Gasteiger partial charge >= 0.3 is 0 Å². The molecule has 0 bridgehead atoms. The number of hydrogen-bond donors (Lipinski definition) is 0. The molecule has 0 aliphatic heterocycles. The fraction of sp³-hybridized carbons (Fsp3) is 0.158. The van der Waals surface area contributed by atoms with Crippen LogP contribution in [-0.4, -0.2) is 0 Å². The van der Waals surface area contributed by atoms with Crippen molar-refractivity contribution in [1.29, 1.82) is 0 Å². The minimum absolute atomic E-state index is 0.0139. The molecule has 0 amide bonds. The Hall–Kier alpha value is -2.08. The minimum atomic E-state index is -0.436. The van der Waals surface area contributed by atoms with Gasteiger partial charge in [-0.2, -0.15) is 0 Å². The van der Waals surface area contributed by atoms with Crippen molar-refractivity contribution in [2.75, 3.05) is 0 Å². The third-order valence-corrected chi connectivity index (χ3v) is 3.18. The lowest BCUT2D eigenvalue weighted by Gasteiger charge is -2.09. The van der Waals surface area contributed by atoms with E-state index in [0.29, 0.717) is 11.5 Å². The number of benzene rings is 3. The molecular weight excluding hydrogens is 228 g/mol. The molecule has 0 N–H and O–H groups in total. The lowest BCUT2D eigenvalue weighted by molar-refractivity contribution is 0.867. The Kier molecular flexibility index (Phi) is 1.64. The lowest BCUT2D eigenvalue weighted by atomic mass is 9.95. The van der Waals surface area contributed by atoms with Gasteiger partial charge in [-0.25, -0.2) is 0 Å². The predicted molar refractivity (Wildman–Crippen MR) is 83.5 cm³/mol. The zero-order valence-electron chi connectivity index (χ0n) is 17.9. The SMILES string of the molecule is [2H]c1c([2H])c([2H])c2c(-c3ccc(C(C)C)cc3)c([2H])c([2H])c([2H])c2c1[2H]. The van der Waals surface area contributed by atoms with Gasteiger partial charge in [0.15, 0.2) is 0 Å². The second-order valence-corrected chi connectivity index (χ2v) is 4.78. The summed E-state index contributed by atoms with van der Waals surface area (Å²) in [4.78, 5) is 0. The summed E-state index contributed by atoms with van der Waals surface area (Å²) in [6.07, 6.45) is 0. The zero-order valence-corrected chi connectivity index (χ0v) is 10.9. The van der Waals surface area contributed by atoms with Crippen LogP contribution in [0.3, 0.4) is 0 Å². The molecule has 3 aromatic rings. The van der Waals surface area contributed by atoms with Crippen molar-refractivity contribution in [3.63, 3.8) is 0 Å². The van der Waals surface area contributed by atoms with Gasteiger partial charge in [0.2, 0.25) is 0 Å². The van der Waals surface area contributed by atoms with Crippen LogP contribution in [0, 0.1) is 0 Å². The highest BCUT2D eigenvalue weighted by Crippen LogP contribution is 2.29. The molecule has 0 heterocycles. The second kappa shape index (κ2) is 4.89. The van der Waals surface area contributed by atoms with Crippen LogP contribution in [0.5, 0.6) is 0 Å². The van der Waals surface area contributed by atoms with Crippen LogP contribution >= 0.6 is 0 Å². The van der Waals surface area contributed by atoms with Gasteiger partial charge in [-0.05, 0) is 33.4 Å².